The Bertz CT molecular complexity index is 784. The van der Waals surface area contributed by atoms with Crippen LogP contribution < -0.4 is 0 Å². The summed E-state index contributed by atoms with van der Waals surface area (Å²) in [7, 11) is 0.389. The lowest BCUT2D eigenvalue weighted by Crippen LogP contribution is -1.97. The van der Waals surface area contributed by atoms with Gasteiger partial charge in [-0.25, -0.2) is 0 Å². The first kappa shape index (κ1) is 33.9. The number of rotatable bonds is 16. The molecule has 1 N–H and O–H groups in total. The van der Waals surface area contributed by atoms with Crippen LogP contribution in [0.4, 0.5) is 0 Å². The molecular formula is C36H55OP. The molecular weight excluding hydrogens is 479 g/mol. The van der Waals surface area contributed by atoms with Crippen LogP contribution >= 0.6 is 7.92 Å². The molecule has 0 saturated carbocycles. The third-order valence-electron chi connectivity index (χ3n) is 6.62. The summed E-state index contributed by atoms with van der Waals surface area (Å²) in [4.78, 5) is 0. The second-order valence-corrected chi connectivity index (χ2v) is 12.8. The fraction of sp³-hybridized carbons (Fsp3) is 0.500. The van der Waals surface area contributed by atoms with E-state index in [2.05, 4.69) is 69.3 Å². The van der Waals surface area contributed by atoms with Crippen LogP contribution in [0, 0.1) is 0 Å². The van der Waals surface area contributed by atoms with E-state index in [-0.39, 0.29) is 0 Å². The van der Waals surface area contributed by atoms with E-state index in [0.717, 1.165) is 0 Å². The van der Waals surface area contributed by atoms with Crippen molar-refractivity contribution in [1.29, 1.82) is 0 Å². The molecule has 0 aliphatic carbocycles. The van der Waals surface area contributed by atoms with Crippen molar-refractivity contribution in [3.63, 3.8) is 0 Å². The average Bonchev–Trinajstić information content (AvgIpc) is 2.97. The molecule has 3 aromatic rings. The summed E-state index contributed by atoms with van der Waals surface area (Å²) in [5, 5.41) is 8.63. The molecule has 0 aromatic heterocycles. The first-order valence-corrected chi connectivity index (χ1v) is 17.2. The quantitative estimate of drug-likeness (QED) is 0.143. The van der Waals surface area contributed by atoms with E-state index in [0.29, 0.717) is 13.7 Å². The van der Waals surface area contributed by atoms with Crippen LogP contribution in [0.3, 0.4) is 0 Å². The molecule has 0 saturated heterocycles. The van der Waals surface area contributed by atoms with Gasteiger partial charge >= 0.3 is 0 Å². The van der Waals surface area contributed by atoms with Crippen LogP contribution in [0.1, 0.15) is 97.8 Å². The summed E-state index contributed by atoms with van der Waals surface area (Å²) in [6.07, 6.45) is 22.2. The monoisotopic (exact) mass is 534 g/mol. The van der Waals surface area contributed by atoms with Gasteiger partial charge in [0.05, 0.1) is 0 Å². The maximum atomic E-state index is 8.63. The van der Waals surface area contributed by atoms with Gasteiger partial charge in [0.1, 0.15) is 5.75 Å². The van der Waals surface area contributed by atoms with Crippen molar-refractivity contribution in [1.82, 2.24) is 0 Å². The van der Waals surface area contributed by atoms with Crippen molar-refractivity contribution in [2.75, 3.05) is 18.5 Å². The van der Waals surface area contributed by atoms with E-state index in [4.69, 9.17) is 5.11 Å². The Morgan fingerprint density at radius 3 is 1.00 bits per heavy atom. The average molecular weight is 535 g/mol. The smallest absolute Gasteiger partial charge is 0.115 e. The summed E-state index contributed by atoms with van der Waals surface area (Å²) in [6, 6.07) is 29.5. The topological polar surface area (TPSA) is 20.2 Å². The standard InChI is InChI=1S/C18H39P.C12H10.C6H6O/c1-4-7-10-13-16-19(17-14-11-8-5-2)18-15-12-9-6-3;1-3-7-11(8-4-1)12-9-5-2-6-10-12;7-6-4-2-1-3-5-6/h4-18H2,1-3H3;1-10H;1-5,7H. The molecule has 2 heteroatoms. The van der Waals surface area contributed by atoms with E-state index in [1.54, 1.807) is 42.8 Å². The molecule has 0 unspecified atom stereocenters. The van der Waals surface area contributed by atoms with Crippen LogP contribution in [-0.4, -0.2) is 23.6 Å². The summed E-state index contributed by atoms with van der Waals surface area (Å²) >= 11 is 0. The van der Waals surface area contributed by atoms with Crippen LogP contribution in [-0.2, 0) is 0 Å². The number of benzene rings is 3. The molecule has 0 fully saturated rings. The van der Waals surface area contributed by atoms with Crippen molar-refractivity contribution < 1.29 is 5.11 Å². The van der Waals surface area contributed by atoms with Gasteiger partial charge in [-0.2, -0.15) is 0 Å². The van der Waals surface area contributed by atoms with Crippen LogP contribution in [0.2, 0.25) is 0 Å². The number of phenols is 1. The summed E-state index contributed by atoms with van der Waals surface area (Å²) in [5.41, 5.74) is 2.55. The second kappa shape index (κ2) is 25.2. The van der Waals surface area contributed by atoms with Crippen LogP contribution in [0.15, 0.2) is 91.0 Å². The number of phenolic OH excluding ortho intramolecular Hbond substituents is 1. The van der Waals surface area contributed by atoms with Crippen molar-refractivity contribution in [2.45, 2.75) is 97.8 Å². The van der Waals surface area contributed by atoms with Crippen molar-refractivity contribution in [3.05, 3.63) is 91.0 Å². The van der Waals surface area contributed by atoms with Gasteiger partial charge in [-0.15, -0.1) is 7.92 Å². The van der Waals surface area contributed by atoms with Gasteiger partial charge in [-0.05, 0) is 61.0 Å². The zero-order valence-corrected chi connectivity index (χ0v) is 25.6. The first-order chi connectivity index (χ1) is 18.7. The van der Waals surface area contributed by atoms with E-state index in [1.807, 2.05) is 18.2 Å². The fourth-order valence-electron chi connectivity index (χ4n) is 4.31. The van der Waals surface area contributed by atoms with Crippen LogP contribution in [0.25, 0.3) is 11.1 Å². The van der Waals surface area contributed by atoms with Gasteiger partial charge in [0.15, 0.2) is 0 Å². The molecule has 210 valence electrons. The Kier molecular flexibility index (Phi) is 22.5. The van der Waals surface area contributed by atoms with Crippen molar-refractivity contribution in [2.24, 2.45) is 0 Å². The minimum Gasteiger partial charge on any atom is -0.508 e. The Morgan fingerprint density at radius 1 is 0.421 bits per heavy atom. The normalized spacial score (nSPS) is 10.3. The third-order valence-corrected chi connectivity index (χ3v) is 9.47. The molecule has 0 aliphatic heterocycles. The molecule has 0 aliphatic rings. The molecule has 0 atom stereocenters. The Labute approximate surface area is 236 Å². The van der Waals surface area contributed by atoms with Crippen molar-refractivity contribution >= 4 is 7.92 Å². The highest BCUT2D eigenvalue weighted by Crippen LogP contribution is 2.39. The molecule has 0 bridgehead atoms. The number of aromatic hydroxyl groups is 1. The molecule has 3 rings (SSSR count). The lowest BCUT2D eigenvalue weighted by atomic mass is 10.1. The molecule has 0 radical (unpaired) electrons. The lowest BCUT2D eigenvalue weighted by Gasteiger charge is -2.17. The number of hydrogen-bond donors (Lipinski definition) is 1. The van der Waals surface area contributed by atoms with E-state index < -0.39 is 0 Å². The fourth-order valence-corrected chi connectivity index (χ4v) is 6.99. The highest BCUT2D eigenvalue weighted by Gasteiger charge is 2.07. The Balaban J connectivity index is 0.000000318. The highest BCUT2D eigenvalue weighted by molar-refractivity contribution is 7.57. The maximum Gasteiger partial charge on any atom is 0.115 e. The van der Waals surface area contributed by atoms with Gasteiger partial charge in [-0.3, -0.25) is 0 Å². The molecule has 0 heterocycles. The van der Waals surface area contributed by atoms with E-state index >= 15 is 0 Å². The maximum absolute atomic E-state index is 8.63. The Morgan fingerprint density at radius 2 is 0.737 bits per heavy atom. The number of unbranched alkanes of at least 4 members (excludes halogenated alkanes) is 9. The Hall–Kier alpha value is -2.11. The predicted molar refractivity (Wildman–Crippen MR) is 174 cm³/mol. The summed E-state index contributed by atoms with van der Waals surface area (Å²) < 4.78 is 0. The SMILES string of the molecule is CCCCCCP(CCCCCC)CCCCCC.Oc1ccccc1.c1ccc(-c2ccccc2)cc1. The summed E-state index contributed by atoms with van der Waals surface area (Å²) in [6.45, 7) is 6.95. The molecule has 0 spiro atoms. The first-order valence-electron chi connectivity index (χ1n) is 15.3. The van der Waals surface area contributed by atoms with Gasteiger partial charge in [-0.1, -0.05) is 157 Å². The van der Waals surface area contributed by atoms with E-state index in [9.17, 15) is 0 Å². The zero-order valence-electron chi connectivity index (χ0n) is 24.7. The van der Waals surface area contributed by atoms with Gasteiger partial charge in [0, 0.05) is 0 Å². The minimum atomic E-state index is 0.322. The van der Waals surface area contributed by atoms with Gasteiger partial charge in [0.2, 0.25) is 0 Å². The second-order valence-electron chi connectivity index (χ2n) is 10.1. The molecule has 0 amide bonds. The number of hydrogen-bond acceptors (Lipinski definition) is 1. The van der Waals surface area contributed by atoms with Crippen molar-refractivity contribution in [3.8, 4) is 16.9 Å². The minimum absolute atomic E-state index is 0.322. The highest BCUT2D eigenvalue weighted by atomic mass is 31.1. The molecule has 38 heavy (non-hydrogen) atoms. The molecule has 1 nitrogen and oxygen atoms in total. The number of para-hydroxylation sites is 1. The largest absolute Gasteiger partial charge is 0.508 e. The lowest BCUT2D eigenvalue weighted by molar-refractivity contribution is 0.475. The van der Waals surface area contributed by atoms with Gasteiger partial charge < -0.3 is 5.11 Å². The van der Waals surface area contributed by atoms with Crippen LogP contribution in [0.5, 0.6) is 5.75 Å². The summed E-state index contributed by atoms with van der Waals surface area (Å²) in [5.74, 6) is 0.322. The van der Waals surface area contributed by atoms with E-state index in [1.165, 1.54) is 88.2 Å². The van der Waals surface area contributed by atoms with Gasteiger partial charge in [0.25, 0.3) is 0 Å². The molecule has 3 aromatic carbocycles. The zero-order chi connectivity index (χ0) is 27.5. The third kappa shape index (κ3) is 19.0. The predicted octanol–water partition coefficient (Wildman–Crippen LogP) is 12.0.